The summed E-state index contributed by atoms with van der Waals surface area (Å²) < 4.78 is 5.32. The number of aliphatic imine (C=N–C) groups is 1. The van der Waals surface area contributed by atoms with Gasteiger partial charge in [-0.05, 0) is 47.5 Å². The van der Waals surface area contributed by atoms with E-state index in [-0.39, 0.29) is 0 Å². The number of rotatable bonds is 2. The lowest BCUT2D eigenvalue weighted by molar-refractivity contribution is -0.129. The Morgan fingerprint density at radius 2 is 1.75 bits per heavy atom. The number of benzene rings is 3. The van der Waals surface area contributed by atoms with Crippen molar-refractivity contribution >= 4 is 28.7 Å². The minimum Gasteiger partial charge on any atom is -0.402 e. The van der Waals surface area contributed by atoms with Gasteiger partial charge in [-0.1, -0.05) is 54.1 Å². The Morgan fingerprint density at radius 1 is 0.917 bits per heavy atom. The molecule has 0 radical (unpaired) electrons. The van der Waals surface area contributed by atoms with Gasteiger partial charge in [0.05, 0.1) is 0 Å². The summed E-state index contributed by atoms with van der Waals surface area (Å²) in [6, 6.07) is 21.9. The van der Waals surface area contributed by atoms with Gasteiger partial charge in [0.25, 0.3) is 0 Å². The molecule has 3 aromatic rings. The van der Waals surface area contributed by atoms with E-state index in [1.807, 2.05) is 67.6 Å². The van der Waals surface area contributed by atoms with Crippen LogP contribution < -0.4 is 0 Å². The lowest BCUT2D eigenvalue weighted by Crippen LogP contribution is -2.05. The Bertz CT molecular complexity index is 1020. The number of carbonyl (C=O) groups is 1. The van der Waals surface area contributed by atoms with Crippen molar-refractivity contribution < 1.29 is 9.53 Å². The summed E-state index contributed by atoms with van der Waals surface area (Å²) in [6.07, 6.45) is 1.76. The molecule has 0 spiro atoms. The second-order valence-electron chi connectivity index (χ2n) is 5.81. The SMILES string of the molecule is Cc1cccc(C2=NC(=Cc3ccc4ccccc4c3)C(=O)O2)c1. The lowest BCUT2D eigenvalue weighted by atomic mass is 10.1. The van der Waals surface area contributed by atoms with Crippen molar-refractivity contribution in [2.75, 3.05) is 0 Å². The average molecular weight is 313 g/mol. The molecule has 0 aromatic heterocycles. The summed E-state index contributed by atoms with van der Waals surface area (Å²) in [4.78, 5) is 16.5. The van der Waals surface area contributed by atoms with Gasteiger partial charge in [-0.3, -0.25) is 0 Å². The zero-order chi connectivity index (χ0) is 16.5. The molecule has 3 aromatic carbocycles. The molecule has 0 fully saturated rings. The first kappa shape index (κ1) is 14.4. The average Bonchev–Trinajstić information content (AvgIpc) is 2.96. The molecule has 24 heavy (non-hydrogen) atoms. The van der Waals surface area contributed by atoms with Crippen LogP contribution in [0.1, 0.15) is 16.7 Å². The quantitative estimate of drug-likeness (QED) is 0.516. The predicted molar refractivity (Wildman–Crippen MR) is 95.7 cm³/mol. The molecule has 1 aliphatic heterocycles. The fourth-order valence-electron chi connectivity index (χ4n) is 2.77. The molecule has 0 bridgehead atoms. The highest BCUT2D eigenvalue weighted by Gasteiger charge is 2.24. The minimum atomic E-state index is -0.417. The van der Waals surface area contributed by atoms with Gasteiger partial charge in [0.15, 0.2) is 5.70 Å². The van der Waals surface area contributed by atoms with Gasteiger partial charge in [0, 0.05) is 5.56 Å². The van der Waals surface area contributed by atoms with E-state index >= 15 is 0 Å². The maximum Gasteiger partial charge on any atom is 0.363 e. The van der Waals surface area contributed by atoms with Crippen molar-refractivity contribution in [1.29, 1.82) is 0 Å². The van der Waals surface area contributed by atoms with Crippen molar-refractivity contribution in [3.63, 3.8) is 0 Å². The molecule has 0 unspecified atom stereocenters. The van der Waals surface area contributed by atoms with Gasteiger partial charge >= 0.3 is 5.97 Å². The number of cyclic esters (lactones) is 1. The van der Waals surface area contributed by atoms with Crippen molar-refractivity contribution in [3.05, 3.63) is 89.1 Å². The highest BCUT2D eigenvalue weighted by molar-refractivity contribution is 6.13. The number of aryl methyl sites for hydroxylation is 1. The highest BCUT2D eigenvalue weighted by atomic mass is 16.6. The Kier molecular flexibility index (Phi) is 3.47. The van der Waals surface area contributed by atoms with Crippen LogP contribution in [0.3, 0.4) is 0 Å². The van der Waals surface area contributed by atoms with Crippen LogP contribution in [0.25, 0.3) is 16.8 Å². The number of esters is 1. The van der Waals surface area contributed by atoms with Crippen molar-refractivity contribution in [3.8, 4) is 0 Å². The second-order valence-corrected chi connectivity index (χ2v) is 5.81. The van der Waals surface area contributed by atoms with Crippen molar-refractivity contribution in [2.45, 2.75) is 6.92 Å². The van der Waals surface area contributed by atoms with Gasteiger partial charge in [0.2, 0.25) is 5.90 Å². The van der Waals surface area contributed by atoms with E-state index in [1.54, 1.807) is 6.08 Å². The standard InChI is InChI=1S/C21H15NO2/c1-14-5-4-8-18(11-14)20-22-19(21(23)24-20)13-15-9-10-16-6-2-3-7-17(16)12-15/h2-13H,1H3. The number of fused-ring (bicyclic) bond motifs is 1. The highest BCUT2D eigenvalue weighted by Crippen LogP contribution is 2.22. The number of nitrogens with zero attached hydrogens (tertiary/aromatic N) is 1. The number of carbonyl (C=O) groups excluding carboxylic acids is 1. The fraction of sp³-hybridized carbons (Fsp3) is 0.0476. The lowest BCUT2D eigenvalue weighted by Gasteiger charge is -2.00. The minimum absolute atomic E-state index is 0.321. The number of hydrogen-bond donors (Lipinski definition) is 0. The van der Waals surface area contributed by atoms with Gasteiger partial charge in [-0.15, -0.1) is 0 Å². The van der Waals surface area contributed by atoms with Crippen molar-refractivity contribution in [2.24, 2.45) is 4.99 Å². The van der Waals surface area contributed by atoms with Crippen LogP contribution in [0.2, 0.25) is 0 Å². The third-order valence-corrected chi connectivity index (χ3v) is 3.96. The summed E-state index contributed by atoms with van der Waals surface area (Å²) >= 11 is 0. The first-order chi connectivity index (χ1) is 11.7. The second kappa shape index (κ2) is 5.78. The zero-order valence-electron chi connectivity index (χ0n) is 13.2. The Hall–Kier alpha value is -3.20. The Morgan fingerprint density at radius 3 is 2.58 bits per heavy atom. The van der Waals surface area contributed by atoms with E-state index in [0.717, 1.165) is 27.5 Å². The molecular formula is C21H15NO2. The summed E-state index contributed by atoms with van der Waals surface area (Å²) in [5.41, 5.74) is 3.15. The normalized spacial score (nSPS) is 15.6. The zero-order valence-corrected chi connectivity index (χ0v) is 13.2. The molecule has 0 N–H and O–H groups in total. The molecule has 0 saturated carbocycles. The summed E-state index contributed by atoms with van der Waals surface area (Å²) in [5.74, 6) is -0.0598. The van der Waals surface area contributed by atoms with Crippen LogP contribution in [-0.2, 0) is 9.53 Å². The van der Waals surface area contributed by atoms with Crippen LogP contribution in [0.15, 0.2) is 77.4 Å². The van der Waals surface area contributed by atoms with Crippen LogP contribution in [0.5, 0.6) is 0 Å². The third kappa shape index (κ3) is 2.72. The molecule has 3 nitrogen and oxygen atoms in total. The molecule has 0 aliphatic carbocycles. The molecule has 116 valence electrons. The number of ether oxygens (including phenoxy) is 1. The molecule has 1 aliphatic rings. The van der Waals surface area contributed by atoms with Crippen LogP contribution in [0.4, 0.5) is 0 Å². The molecule has 4 rings (SSSR count). The molecule has 0 amide bonds. The maximum atomic E-state index is 12.1. The molecule has 3 heteroatoms. The van der Waals surface area contributed by atoms with Crippen LogP contribution in [0, 0.1) is 6.92 Å². The summed E-state index contributed by atoms with van der Waals surface area (Å²) in [5, 5.41) is 2.29. The van der Waals surface area contributed by atoms with E-state index in [4.69, 9.17) is 4.74 Å². The van der Waals surface area contributed by atoms with E-state index in [2.05, 4.69) is 11.1 Å². The smallest absolute Gasteiger partial charge is 0.363 e. The third-order valence-electron chi connectivity index (χ3n) is 3.96. The van der Waals surface area contributed by atoms with E-state index in [1.165, 1.54) is 0 Å². The topological polar surface area (TPSA) is 38.7 Å². The maximum absolute atomic E-state index is 12.1. The van der Waals surface area contributed by atoms with Gasteiger partial charge in [-0.2, -0.15) is 0 Å². The largest absolute Gasteiger partial charge is 0.402 e. The van der Waals surface area contributed by atoms with Gasteiger partial charge in [0.1, 0.15) is 0 Å². The van der Waals surface area contributed by atoms with E-state index < -0.39 is 5.97 Å². The van der Waals surface area contributed by atoms with Crippen LogP contribution >= 0.6 is 0 Å². The van der Waals surface area contributed by atoms with E-state index in [9.17, 15) is 4.79 Å². The first-order valence-corrected chi connectivity index (χ1v) is 7.77. The van der Waals surface area contributed by atoms with Gasteiger partial charge < -0.3 is 4.74 Å². The molecule has 0 saturated heterocycles. The van der Waals surface area contributed by atoms with Crippen LogP contribution in [-0.4, -0.2) is 11.9 Å². The van der Waals surface area contributed by atoms with Crippen molar-refractivity contribution in [1.82, 2.24) is 0 Å². The molecule has 1 heterocycles. The molecule has 0 atom stereocenters. The number of hydrogen-bond acceptors (Lipinski definition) is 3. The predicted octanol–water partition coefficient (Wildman–Crippen LogP) is 4.49. The van der Waals surface area contributed by atoms with E-state index in [0.29, 0.717) is 11.6 Å². The summed E-state index contributed by atoms with van der Waals surface area (Å²) in [7, 11) is 0. The molecular weight excluding hydrogens is 298 g/mol. The monoisotopic (exact) mass is 313 g/mol. The van der Waals surface area contributed by atoms with Gasteiger partial charge in [-0.25, -0.2) is 9.79 Å². The fourth-order valence-corrected chi connectivity index (χ4v) is 2.77. The summed E-state index contributed by atoms with van der Waals surface area (Å²) in [6.45, 7) is 1.99. The first-order valence-electron chi connectivity index (χ1n) is 7.77. The Balaban J connectivity index is 1.71. The Labute approximate surface area is 139 Å².